The molecule has 0 saturated carbocycles. The van der Waals surface area contributed by atoms with Gasteiger partial charge in [-0.25, -0.2) is 4.68 Å². The topological polar surface area (TPSA) is 150 Å². The fourth-order valence-corrected chi connectivity index (χ4v) is 3.74. The molecule has 0 aromatic carbocycles. The van der Waals surface area contributed by atoms with Gasteiger partial charge < -0.3 is 25.2 Å². The molecule has 1 aliphatic rings. The summed E-state index contributed by atoms with van der Waals surface area (Å²) in [6, 6.07) is 10.4. The summed E-state index contributed by atoms with van der Waals surface area (Å²) in [6.45, 7) is 0.993. The molecule has 3 aromatic rings. The van der Waals surface area contributed by atoms with Gasteiger partial charge in [-0.3, -0.25) is 14.9 Å². The van der Waals surface area contributed by atoms with Crippen molar-refractivity contribution < 1.29 is 25.2 Å². The summed E-state index contributed by atoms with van der Waals surface area (Å²) in [5.41, 5.74) is 2.37. The molecule has 3 aromatic heterocycles. The van der Waals surface area contributed by atoms with E-state index in [0.717, 1.165) is 11.4 Å². The molecule has 4 N–H and O–H groups in total. The van der Waals surface area contributed by atoms with Crippen LogP contribution in [0.1, 0.15) is 23.1 Å². The number of ether oxygens (including phenoxy) is 1. The van der Waals surface area contributed by atoms with Crippen molar-refractivity contribution >= 4 is 0 Å². The van der Waals surface area contributed by atoms with Gasteiger partial charge >= 0.3 is 0 Å². The van der Waals surface area contributed by atoms with Gasteiger partial charge in [-0.15, -0.1) is 5.10 Å². The Morgan fingerprint density at radius 2 is 1.50 bits per heavy atom. The van der Waals surface area contributed by atoms with Gasteiger partial charge in [0.1, 0.15) is 24.4 Å². The fourth-order valence-electron chi connectivity index (χ4n) is 3.74. The summed E-state index contributed by atoms with van der Waals surface area (Å²) in [6.07, 6.45) is -0.224. The minimum Gasteiger partial charge on any atom is -0.394 e. The molecule has 0 amide bonds. The first-order chi connectivity index (χ1) is 15.5. The van der Waals surface area contributed by atoms with Gasteiger partial charge in [0, 0.05) is 32.0 Å². The van der Waals surface area contributed by atoms with Crippen molar-refractivity contribution in [3.63, 3.8) is 0 Å². The Morgan fingerprint density at radius 1 is 0.875 bits per heavy atom. The van der Waals surface area contributed by atoms with Crippen LogP contribution in [-0.2, 0) is 24.4 Å². The Morgan fingerprint density at radius 3 is 2.06 bits per heavy atom. The summed E-state index contributed by atoms with van der Waals surface area (Å²) >= 11 is 0. The van der Waals surface area contributed by atoms with Crippen molar-refractivity contribution in [1.29, 1.82) is 0 Å². The van der Waals surface area contributed by atoms with Gasteiger partial charge in [0.05, 0.1) is 29.9 Å². The van der Waals surface area contributed by atoms with Crippen LogP contribution < -0.4 is 0 Å². The molecule has 4 heterocycles. The molecular weight excluding hydrogens is 416 g/mol. The van der Waals surface area contributed by atoms with Crippen molar-refractivity contribution in [2.45, 2.75) is 50.3 Å². The van der Waals surface area contributed by atoms with Crippen LogP contribution in [0, 0.1) is 0 Å². The lowest BCUT2D eigenvalue weighted by Gasteiger charge is -2.39. The van der Waals surface area contributed by atoms with E-state index in [1.165, 1.54) is 4.68 Å². The van der Waals surface area contributed by atoms with Crippen LogP contribution >= 0.6 is 0 Å². The van der Waals surface area contributed by atoms with E-state index < -0.39 is 37.3 Å². The molecule has 5 atom stereocenters. The third kappa shape index (κ3) is 5.15. The van der Waals surface area contributed by atoms with Gasteiger partial charge in [0.2, 0.25) is 0 Å². The van der Waals surface area contributed by atoms with Gasteiger partial charge in [-0.2, -0.15) is 0 Å². The highest BCUT2D eigenvalue weighted by Gasteiger charge is 2.45. The van der Waals surface area contributed by atoms with Crippen LogP contribution in [0.25, 0.3) is 0 Å². The highest BCUT2D eigenvalue weighted by molar-refractivity contribution is 5.07. The number of aliphatic hydroxyl groups is 4. The Labute approximate surface area is 184 Å². The number of aromatic nitrogens is 5. The van der Waals surface area contributed by atoms with E-state index in [0.29, 0.717) is 25.3 Å². The van der Waals surface area contributed by atoms with Crippen LogP contribution in [0.4, 0.5) is 0 Å². The lowest BCUT2D eigenvalue weighted by atomic mass is 9.97. The first-order valence-electron chi connectivity index (χ1n) is 10.3. The van der Waals surface area contributed by atoms with Crippen LogP contribution in [0.2, 0.25) is 0 Å². The monoisotopic (exact) mass is 442 g/mol. The van der Waals surface area contributed by atoms with E-state index in [1.54, 1.807) is 18.6 Å². The Hall–Kier alpha value is -2.80. The largest absolute Gasteiger partial charge is 0.394 e. The third-order valence-electron chi connectivity index (χ3n) is 5.34. The first-order valence-corrected chi connectivity index (χ1v) is 10.3. The summed E-state index contributed by atoms with van der Waals surface area (Å²) < 4.78 is 6.49. The smallest absolute Gasteiger partial charge is 0.180 e. The zero-order valence-corrected chi connectivity index (χ0v) is 17.3. The van der Waals surface area contributed by atoms with Crippen LogP contribution in [0.15, 0.2) is 55.0 Å². The van der Waals surface area contributed by atoms with Gasteiger partial charge in [0.25, 0.3) is 0 Å². The van der Waals surface area contributed by atoms with Crippen molar-refractivity contribution in [3.8, 4) is 0 Å². The average Bonchev–Trinajstić information content (AvgIpc) is 3.25. The minimum absolute atomic E-state index is 0.411. The standard InChI is InChI=1S/C21H26N6O5/c28-13-17-19(29)20(30)18(21(31)32-17)27-12-16(24-25-27)11-26(9-14-5-1-3-7-22-14)10-15-6-2-4-8-23-15/h1-8,12,17-21,28-31H,9-11,13H2/t17-,18-,19-,20-,21?/m1/s1. The predicted molar refractivity (Wildman–Crippen MR) is 110 cm³/mol. The molecule has 0 spiro atoms. The Kier molecular flexibility index (Phi) is 7.15. The van der Waals surface area contributed by atoms with E-state index in [4.69, 9.17) is 4.74 Å². The quantitative estimate of drug-likeness (QED) is 0.351. The minimum atomic E-state index is -1.46. The molecule has 11 nitrogen and oxygen atoms in total. The van der Waals surface area contributed by atoms with E-state index in [2.05, 4.69) is 25.2 Å². The van der Waals surface area contributed by atoms with Gasteiger partial charge in [0.15, 0.2) is 6.29 Å². The molecule has 1 aliphatic heterocycles. The van der Waals surface area contributed by atoms with E-state index in [1.807, 2.05) is 36.4 Å². The molecule has 170 valence electrons. The van der Waals surface area contributed by atoms with Gasteiger partial charge in [-0.05, 0) is 24.3 Å². The molecule has 0 radical (unpaired) electrons. The van der Waals surface area contributed by atoms with Crippen molar-refractivity contribution in [2.75, 3.05) is 6.61 Å². The number of aliphatic hydroxyl groups excluding tert-OH is 4. The van der Waals surface area contributed by atoms with Crippen molar-refractivity contribution in [2.24, 2.45) is 0 Å². The molecule has 1 fully saturated rings. The zero-order chi connectivity index (χ0) is 22.5. The van der Waals surface area contributed by atoms with Gasteiger partial charge in [-0.1, -0.05) is 17.3 Å². The SMILES string of the molecule is OC[C@H]1OC(O)[C@H](n2cc(CN(Cc3ccccn3)Cc3ccccn3)nn2)[C@@H](O)[C@@H]1O. The van der Waals surface area contributed by atoms with Crippen LogP contribution in [-0.4, -0.2) is 81.5 Å². The van der Waals surface area contributed by atoms with E-state index >= 15 is 0 Å². The summed E-state index contributed by atoms with van der Waals surface area (Å²) in [7, 11) is 0. The van der Waals surface area contributed by atoms with Crippen molar-refractivity contribution in [3.05, 3.63) is 72.1 Å². The lowest BCUT2D eigenvalue weighted by Crippen LogP contribution is -2.56. The second-order valence-corrected chi connectivity index (χ2v) is 7.70. The maximum absolute atomic E-state index is 10.4. The molecule has 0 aliphatic carbocycles. The first kappa shape index (κ1) is 22.4. The zero-order valence-electron chi connectivity index (χ0n) is 17.3. The third-order valence-corrected chi connectivity index (χ3v) is 5.34. The number of rotatable bonds is 8. The molecule has 11 heteroatoms. The molecule has 0 bridgehead atoms. The van der Waals surface area contributed by atoms with Crippen LogP contribution in [0.5, 0.6) is 0 Å². The van der Waals surface area contributed by atoms with E-state index in [-0.39, 0.29) is 0 Å². The molecule has 32 heavy (non-hydrogen) atoms. The lowest BCUT2D eigenvalue weighted by molar-refractivity contribution is -0.265. The number of hydrogen-bond acceptors (Lipinski definition) is 10. The highest BCUT2D eigenvalue weighted by Crippen LogP contribution is 2.28. The van der Waals surface area contributed by atoms with E-state index in [9.17, 15) is 20.4 Å². The van der Waals surface area contributed by atoms with Crippen LogP contribution in [0.3, 0.4) is 0 Å². The molecule has 1 unspecified atom stereocenters. The number of hydrogen-bond donors (Lipinski definition) is 4. The van der Waals surface area contributed by atoms with Crippen molar-refractivity contribution in [1.82, 2.24) is 29.9 Å². The summed E-state index contributed by atoms with van der Waals surface area (Å²) in [5, 5.41) is 48.3. The number of pyridine rings is 2. The fraction of sp³-hybridized carbons (Fsp3) is 0.429. The summed E-state index contributed by atoms with van der Waals surface area (Å²) in [5.74, 6) is 0. The second-order valence-electron chi connectivity index (χ2n) is 7.70. The Bertz CT molecular complexity index is 934. The maximum atomic E-state index is 10.4. The Balaban J connectivity index is 1.50. The highest BCUT2D eigenvalue weighted by atomic mass is 16.6. The molecule has 4 rings (SSSR count). The normalized spacial score (nSPS) is 25.8. The predicted octanol–water partition coefficient (Wildman–Crippen LogP) is -0.757. The molecule has 1 saturated heterocycles. The maximum Gasteiger partial charge on any atom is 0.180 e. The molecular formula is C21H26N6O5. The second kappa shape index (κ2) is 10.2. The number of nitrogens with zero attached hydrogens (tertiary/aromatic N) is 6. The average molecular weight is 442 g/mol. The summed E-state index contributed by atoms with van der Waals surface area (Å²) in [4.78, 5) is 10.9.